The molecule has 0 aliphatic carbocycles. The van der Waals surface area contributed by atoms with Crippen LogP contribution in [-0.4, -0.2) is 24.8 Å². The molecule has 0 spiro atoms. The third-order valence-electron chi connectivity index (χ3n) is 2.07. The molecule has 0 aliphatic rings. The number of halogens is 2. The summed E-state index contributed by atoms with van der Waals surface area (Å²) in [6.45, 7) is 2.36. The number of hydrogen-bond acceptors (Lipinski definition) is 3. The molecule has 0 aromatic heterocycles. The Kier molecular flexibility index (Phi) is 5.68. The standard InChI is InChI=1S/C12H12Br2O4/c1-3-18-8-6-7(4-5-9(15)16)10(13)11(14)12(8)17-2/h4-6H,3H2,1-2H3,(H,15,16)/b5-4+. The molecule has 18 heavy (non-hydrogen) atoms. The van der Waals surface area contributed by atoms with Gasteiger partial charge in [0.1, 0.15) is 0 Å². The van der Waals surface area contributed by atoms with Gasteiger partial charge in [-0.25, -0.2) is 4.79 Å². The third-order valence-corrected chi connectivity index (χ3v) is 4.21. The summed E-state index contributed by atoms with van der Waals surface area (Å²) in [5, 5.41) is 8.64. The third kappa shape index (κ3) is 3.49. The Morgan fingerprint density at radius 3 is 2.61 bits per heavy atom. The first kappa shape index (κ1) is 15.0. The first-order chi connectivity index (χ1) is 8.51. The summed E-state index contributed by atoms with van der Waals surface area (Å²) in [6.07, 6.45) is 2.55. The lowest BCUT2D eigenvalue weighted by atomic mass is 10.2. The number of carboxylic acid groups (broad SMARTS) is 1. The van der Waals surface area contributed by atoms with Crippen molar-refractivity contribution in [3.63, 3.8) is 0 Å². The zero-order valence-corrected chi connectivity index (χ0v) is 13.0. The smallest absolute Gasteiger partial charge is 0.328 e. The maximum atomic E-state index is 10.5. The van der Waals surface area contributed by atoms with E-state index in [0.29, 0.717) is 32.6 Å². The van der Waals surface area contributed by atoms with E-state index in [4.69, 9.17) is 14.6 Å². The fourth-order valence-electron chi connectivity index (χ4n) is 1.34. The minimum atomic E-state index is -1.01. The van der Waals surface area contributed by atoms with Crippen molar-refractivity contribution in [2.45, 2.75) is 6.92 Å². The molecule has 0 unspecified atom stereocenters. The van der Waals surface area contributed by atoms with Crippen LogP contribution in [0.1, 0.15) is 12.5 Å². The van der Waals surface area contributed by atoms with E-state index in [9.17, 15) is 4.79 Å². The molecule has 1 rings (SSSR count). The molecule has 0 saturated carbocycles. The summed E-state index contributed by atoms with van der Waals surface area (Å²) in [5.74, 6) is 0.114. The van der Waals surface area contributed by atoms with Gasteiger partial charge >= 0.3 is 5.97 Å². The van der Waals surface area contributed by atoms with Crippen molar-refractivity contribution in [2.75, 3.05) is 13.7 Å². The molecule has 0 amide bonds. The molecule has 0 radical (unpaired) electrons. The van der Waals surface area contributed by atoms with E-state index in [0.717, 1.165) is 6.08 Å². The molecule has 4 nitrogen and oxygen atoms in total. The molecule has 1 aromatic rings. The molecule has 1 N–H and O–H groups in total. The highest BCUT2D eigenvalue weighted by Gasteiger charge is 2.15. The van der Waals surface area contributed by atoms with E-state index in [2.05, 4.69) is 31.9 Å². The zero-order valence-electron chi connectivity index (χ0n) is 9.87. The summed E-state index contributed by atoms with van der Waals surface area (Å²) in [7, 11) is 1.54. The van der Waals surface area contributed by atoms with Crippen LogP contribution in [0.2, 0.25) is 0 Å². The van der Waals surface area contributed by atoms with Crippen molar-refractivity contribution in [1.82, 2.24) is 0 Å². The lowest BCUT2D eigenvalue weighted by Crippen LogP contribution is -1.98. The largest absolute Gasteiger partial charge is 0.492 e. The van der Waals surface area contributed by atoms with Crippen molar-refractivity contribution in [3.05, 3.63) is 26.7 Å². The van der Waals surface area contributed by atoms with Gasteiger partial charge in [0.25, 0.3) is 0 Å². The van der Waals surface area contributed by atoms with Crippen LogP contribution in [-0.2, 0) is 4.79 Å². The first-order valence-electron chi connectivity index (χ1n) is 5.11. The van der Waals surface area contributed by atoms with Crippen LogP contribution < -0.4 is 9.47 Å². The quantitative estimate of drug-likeness (QED) is 0.792. The van der Waals surface area contributed by atoms with Crippen LogP contribution in [0.25, 0.3) is 6.08 Å². The maximum Gasteiger partial charge on any atom is 0.328 e. The van der Waals surface area contributed by atoms with Gasteiger partial charge in [-0.1, -0.05) is 0 Å². The summed E-state index contributed by atoms with van der Waals surface area (Å²) >= 11 is 6.77. The van der Waals surface area contributed by atoms with Crippen LogP contribution in [0.15, 0.2) is 21.1 Å². The second-order valence-electron chi connectivity index (χ2n) is 3.23. The summed E-state index contributed by atoms with van der Waals surface area (Å²) in [4.78, 5) is 10.5. The van der Waals surface area contributed by atoms with Gasteiger partial charge in [-0.05, 0) is 56.5 Å². The Balaban J connectivity index is 3.32. The number of methoxy groups -OCH3 is 1. The molecule has 0 atom stereocenters. The van der Waals surface area contributed by atoms with Gasteiger partial charge in [0, 0.05) is 10.5 Å². The van der Waals surface area contributed by atoms with E-state index in [1.165, 1.54) is 6.08 Å². The molecule has 6 heteroatoms. The number of carbonyl (C=O) groups is 1. The van der Waals surface area contributed by atoms with Crippen molar-refractivity contribution >= 4 is 43.9 Å². The van der Waals surface area contributed by atoms with Crippen LogP contribution in [0.5, 0.6) is 11.5 Å². The van der Waals surface area contributed by atoms with Gasteiger partial charge in [0.2, 0.25) is 0 Å². The molecular weight excluding hydrogens is 368 g/mol. The lowest BCUT2D eigenvalue weighted by molar-refractivity contribution is -0.131. The topological polar surface area (TPSA) is 55.8 Å². The number of ether oxygens (including phenoxy) is 2. The van der Waals surface area contributed by atoms with Gasteiger partial charge < -0.3 is 14.6 Å². The molecule has 1 aromatic carbocycles. The zero-order chi connectivity index (χ0) is 13.7. The predicted molar refractivity (Wildman–Crippen MR) is 76.2 cm³/mol. The summed E-state index contributed by atoms with van der Waals surface area (Å²) in [6, 6.07) is 1.72. The van der Waals surface area contributed by atoms with Gasteiger partial charge in [0.15, 0.2) is 11.5 Å². The van der Waals surface area contributed by atoms with Crippen LogP contribution in [0.4, 0.5) is 0 Å². The maximum absolute atomic E-state index is 10.5. The molecular formula is C12H12Br2O4. The molecule has 0 heterocycles. The lowest BCUT2D eigenvalue weighted by Gasteiger charge is -2.14. The molecule has 0 saturated heterocycles. The normalized spacial score (nSPS) is 10.7. The highest BCUT2D eigenvalue weighted by atomic mass is 79.9. The molecule has 0 fully saturated rings. The number of rotatable bonds is 5. The number of hydrogen-bond donors (Lipinski definition) is 1. The Bertz CT molecular complexity index is 483. The minimum Gasteiger partial charge on any atom is -0.492 e. The minimum absolute atomic E-state index is 0.493. The van der Waals surface area contributed by atoms with Crippen LogP contribution >= 0.6 is 31.9 Å². The summed E-state index contributed by atoms with van der Waals surface area (Å²) < 4.78 is 12.1. The number of aliphatic carboxylic acids is 1. The molecule has 0 aliphatic heterocycles. The first-order valence-corrected chi connectivity index (χ1v) is 6.69. The van der Waals surface area contributed by atoms with Gasteiger partial charge in [0.05, 0.1) is 18.2 Å². The van der Waals surface area contributed by atoms with Crippen molar-refractivity contribution in [3.8, 4) is 11.5 Å². The van der Waals surface area contributed by atoms with Crippen LogP contribution in [0, 0.1) is 0 Å². The van der Waals surface area contributed by atoms with Gasteiger partial charge in [-0.3, -0.25) is 0 Å². The SMILES string of the molecule is CCOc1cc(/C=C/C(=O)O)c(Br)c(Br)c1OC. The van der Waals surface area contributed by atoms with E-state index >= 15 is 0 Å². The summed E-state index contributed by atoms with van der Waals surface area (Å²) in [5.41, 5.74) is 0.688. The van der Waals surface area contributed by atoms with Crippen molar-refractivity contribution in [1.29, 1.82) is 0 Å². The Morgan fingerprint density at radius 2 is 2.11 bits per heavy atom. The van der Waals surface area contributed by atoms with E-state index in [1.54, 1.807) is 13.2 Å². The average molecular weight is 380 g/mol. The number of carboxylic acids is 1. The second kappa shape index (κ2) is 6.80. The van der Waals surface area contributed by atoms with E-state index in [-0.39, 0.29) is 0 Å². The highest BCUT2D eigenvalue weighted by molar-refractivity contribution is 9.13. The fourth-order valence-corrected chi connectivity index (χ4v) is 2.35. The van der Waals surface area contributed by atoms with Crippen molar-refractivity contribution < 1.29 is 19.4 Å². The van der Waals surface area contributed by atoms with Crippen molar-refractivity contribution in [2.24, 2.45) is 0 Å². The molecule has 98 valence electrons. The number of benzene rings is 1. The van der Waals surface area contributed by atoms with Gasteiger partial charge in [-0.2, -0.15) is 0 Å². The fraction of sp³-hybridized carbons (Fsp3) is 0.250. The Morgan fingerprint density at radius 1 is 1.44 bits per heavy atom. The molecule has 0 bridgehead atoms. The second-order valence-corrected chi connectivity index (χ2v) is 4.82. The predicted octanol–water partition coefficient (Wildman–Crippen LogP) is 3.72. The monoisotopic (exact) mass is 378 g/mol. The van der Waals surface area contributed by atoms with Crippen LogP contribution in [0.3, 0.4) is 0 Å². The highest BCUT2D eigenvalue weighted by Crippen LogP contribution is 2.43. The average Bonchev–Trinajstić information content (AvgIpc) is 2.32. The van der Waals surface area contributed by atoms with E-state index < -0.39 is 5.97 Å². The van der Waals surface area contributed by atoms with Gasteiger partial charge in [-0.15, -0.1) is 0 Å². The Hall–Kier alpha value is -1.01. The Labute approximate surface area is 122 Å². The van der Waals surface area contributed by atoms with E-state index in [1.807, 2.05) is 6.92 Å².